The third-order valence-electron chi connectivity index (χ3n) is 3.17. The Kier molecular flexibility index (Phi) is 4.67. The van der Waals surface area contributed by atoms with Gasteiger partial charge in [-0.2, -0.15) is 14.8 Å². The van der Waals surface area contributed by atoms with E-state index >= 15 is 0 Å². The van der Waals surface area contributed by atoms with Gasteiger partial charge < -0.3 is 20.7 Å². The lowest BCUT2D eigenvalue weighted by atomic mass is 9.97. The molecule has 5 atom stereocenters. The van der Waals surface area contributed by atoms with Crippen LogP contribution < -0.4 is 11.4 Å². The molecule has 2 heterocycles. The van der Waals surface area contributed by atoms with E-state index < -0.39 is 41.8 Å². The second kappa shape index (κ2) is 6.18. The van der Waals surface area contributed by atoms with E-state index in [1.54, 1.807) is 0 Å². The summed E-state index contributed by atoms with van der Waals surface area (Å²) >= 11 is 6.27. The molecule has 4 N–H and O–H groups in total. The third kappa shape index (κ3) is 2.78. The van der Waals surface area contributed by atoms with Gasteiger partial charge in [-0.25, -0.2) is 9.18 Å². The number of nitrogens with zero attached hydrogens (tertiary/aromatic N) is 3. The summed E-state index contributed by atoms with van der Waals surface area (Å²) < 4.78 is 18.5. The Hall–Kier alpha value is -1.73. The number of aliphatic hydroxyl groups excluding tert-OH is 2. The number of hydrogen-bond donors (Lipinski definition) is 3. The third-order valence-corrected chi connectivity index (χ3v) is 3.67. The van der Waals surface area contributed by atoms with Crippen molar-refractivity contribution in [3.8, 4) is 11.8 Å². The summed E-state index contributed by atoms with van der Waals surface area (Å²) in [5.41, 5.74) is 4.47. The number of ether oxygens (including phenoxy) is 1. The van der Waals surface area contributed by atoms with Gasteiger partial charge in [0, 0.05) is 0 Å². The van der Waals surface area contributed by atoms with Gasteiger partial charge >= 0.3 is 5.69 Å². The van der Waals surface area contributed by atoms with Crippen LogP contribution in [0.3, 0.4) is 0 Å². The average Bonchev–Trinajstić information content (AvgIpc) is 2.70. The summed E-state index contributed by atoms with van der Waals surface area (Å²) in [6.45, 7) is 0.364. The molecule has 0 aromatic carbocycles. The Labute approximate surface area is 129 Å². The van der Waals surface area contributed by atoms with Crippen molar-refractivity contribution in [3.63, 3.8) is 0 Å². The van der Waals surface area contributed by atoms with Crippen LogP contribution in [-0.4, -0.2) is 54.8 Å². The molecule has 0 spiro atoms. The summed E-state index contributed by atoms with van der Waals surface area (Å²) in [6.07, 6.45) is -4.01. The zero-order valence-corrected chi connectivity index (χ0v) is 12.2. The van der Waals surface area contributed by atoms with Crippen LogP contribution in [-0.2, 0) is 4.74 Å². The van der Waals surface area contributed by atoms with Crippen LogP contribution in [0.15, 0.2) is 11.0 Å². The van der Waals surface area contributed by atoms with Crippen LogP contribution in [0.4, 0.5) is 10.2 Å². The maximum absolute atomic E-state index is 12.3. The van der Waals surface area contributed by atoms with Gasteiger partial charge in [0.1, 0.15) is 24.7 Å². The van der Waals surface area contributed by atoms with Crippen molar-refractivity contribution in [2.24, 2.45) is 0 Å². The lowest BCUT2D eigenvalue weighted by Crippen LogP contribution is -2.45. The Morgan fingerprint density at radius 3 is 2.95 bits per heavy atom. The average molecular weight is 333 g/mol. The molecule has 10 heteroatoms. The molecular weight excluding hydrogens is 319 g/mol. The Balaban J connectivity index is 2.53. The molecule has 22 heavy (non-hydrogen) atoms. The number of nitrogen functional groups attached to an aromatic ring is 1. The Bertz CT molecular complexity index is 673. The monoisotopic (exact) mass is 332 g/mol. The number of aliphatic hydroxyl groups is 2. The lowest BCUT2D eigenvalue weighted by molar-refractivity contribution is -0.0809. The Morgan fingerprint density at radius 1 is 1.73 bits per heavy atom. The van der Waals surface area contributed by atoms with Crippen molar-refractivity contribution < 1.29 is 19.3 Å². The fraction of sp³-hybridized carbons (Fsp3) is 0.583. The van der Waals surface area contributed by atoms with Crippen LogP contribution in [0.25, 0.3) is 0 Å². The van der Waals surface area contributed by atoms with Gasteiger partial charge in [0.15, 0.2) is 11.1 Å². The second-order valence-corrected chi connectivity index (χ2v) is 5.38. The van der Waals surface area contributed by atoms with Crippen molar-refractivity contribution in [2.45, 2.75) is 36.3 Å². The van der Waals surface area contributed by atoms with Crippen molar-refractivity contribution in [2.75, 3.05) is 12.4 Å². The minimum Gasteiger partial charge on any atom is -0.391 e. The molecule has 1 aliphatic rings. The molecule has 1 aliphatic heterocycles. The van der Waals surface area contributed by atoms with Crippen molar-refractivity contribution >= 4 is 17.4 Å². The maximum atomic E-state index is 12.3. The minimum absolute atomic E-state index is 0.109. The molecule has 0 radical (unpaired) electrons. The van der Waals surface area contributed by atoms with Crippen molar-refractivity contribution in [3.05, 3.63) is 16.7 Å². The van der Waals surface area contributed by atoms with Gasteiger partial charge in [-0.05, 0) is 6.92 Å². The van der Waals surface area contributed by atoms with Gasteiger partial charge in [-0.3, -0.25) is 0 Å². The molecule has 1 fully saturated rings. The highest BCUT2D eigenvalue weighted by atomic mass is 35.5. The van der Waals surface area contributed by atoms with Crippen molar-refractivity contribution in [1.82, 2.24) is 14.8 Å². The topological polar surface area (TPSA) is 123 Å². The van der Waals surface area contributed by atoms with Gasteiger partial charge in [0.2, 0.25) is 0 Å². The predicted octanol–water partition coefficient (Wildman–Crippen LogP) is -1.19. The normalized spacial score (nSPS) is 32.3. The number of anilines is 1. The van der Waals surface area contributed by atoms with E-state index in [2.05, 4.69) is 21.9 Å². The van der Waals surface area contributed by atoms with E-state index in [4.69, 9.17) is 22.1 Å². The molecule has 1 unspecified atom stereocenters. The standard InChI is InChI=1S/C12H14ClFN4O4/c1-6(19)8-9(20)12(13,3-2-4-14)10(22-8)18-11(21)17-7(15)5-16-18/h5-6,8-10,19-20H,4H2,1H3,(H2,15,17,21)/t6-,8+,9?,10+,12+/m0/s1. The van der Waals surface area contributed by atoms with E-state index in [1.165, 1.54) is 6.92 Å². The van der Waals surface area contributed by atoms with Crippen LogP contribution in [0.1, 0.15) is 13.2 Å². The molecule has 0 bridgehead atoms. The zero-order valence-electron chi connectivity index (χ0n) is 11.5. The summed E-state index contributed by atoms with van der Waals surface area (Å²) in [5.74, 6) is 4.31. The summed E-state index contributed by atoms with van der Waals surface area (Å²) in [5, 5.41) is 23.6. The smallest absolute Gasteiger partial charge is 0.368 e. The second-order valence-electron chi connectivity index (χ2n) is 4.75. The van der Waals surface area contributed by atoms with Crippen LogP contribution in [0.2, 0.25) is 0 Å². The molecule has 120 valence electrons. The Morgan fingerprint density at radius 2 is 2.41 bits per heavy atom. The van der Waals surface area contributed by atoms with E-state index in [9.17, 15) is 19.4 Å². The lowest BCUT2D eigenvalue weighted by Gasteiger charge is -2.24. The number of nitrogens with two attached hydrogens (primary N) is 1. The fourth-order valence-corrected chi connectivity index (χ4v) is 2.48. The number of aromatic nitrogens is 3. The number of hydrogen-bond acceptors (Lipinski definition) is 7. The molecule has 8 nitrogen and oxygen atoms in total. The highest BCUT2D eigenvalue weighted by Gasteiger charge is 2.57. The zero-order chi connectivity index (χ0) is 16.5. The van der Waals surface area contributed by atoms with E-state index in [0.29, 0.717) is 0 Å². The van der Waals surface area contributed by atoms with Gasteiger partial charge in [0.25, 0.3) is 0 Å². The fourth-order valence-electron chi connectivity index (χ4n) is 2.15. The highest BCUT2D eigenvalue weighted by Crippen LogP contribution is 2.43. The minimum atomic E-state index is -1.87. The summed E-state index contributed by atoms with van der Waals surface area (Å²) in [6, 6.07) is 0. The predicted molar refractivity (Wildman–Crippen MR) is 74.6 cm³/mol. The van der Waals surface area contributed by atoms with E-state index in [0.717, 1.165) is 10.9 Å². The number of halogens is 2. The first-order chi connectivity index (χ1) is 10.3. The van der Waals surface area contributed by atoms with Crippen LogP contribution in [0.5, 0.6) is 0 Å². The van der Waals surface area contributed by atoms with Crippen molar-refractivity contribution in [1.29, 1.82) is 0 Å². The van der Waals surface area contributed by atoms with Crippen LogP contribution in [0, 0.1) is 11.8 Å². The largest absolute Gasteiger partial charge is 0.391 e. The van der Waals surface area contributed by atoms with E-state index in [1.807, 2.05) is 0 Å². The molecule has 0 amide bonds. The molecule has 2 rings (SSSR count). The highest BCUT2D eigenvalue weighted by molar-refractivity contribution is 6.27. The molecule has 1 aromatic heterocycles. The first kappa shape index (κ1) is 16.6. The number of alkyl halides is 2. The molecule has 1 aromatic rings. The quantitative estimate of drug-likeness (QED) is 0.459. The summed E-state index contributed by atoms with van der Waals surface area (Å²) in [4.78, 5) is 13.5. The maximum Gasteiger partial charge on any atom is 0.368 e. The molecule has 0 saturated carbocycles. The molecular formula is C12H14ClFN4O4. The van der Waals surface area contributed by atoms with Gasteiger partial charge in [-0.1, -0.05) is 23.4 Å². The molecule has 1 saturated heterocycles. The number of rotatable bonds is 2. The van der Waals surface area contributed by atoms with Gasteiger partial charge in [-0.15, -0.1) is 0 Å². The van der Waals surface area contributed by atoms with Gasteiger partial charge in [0.05, 0.1) is 12.3 Å². The van der Waals surface area contributed by atoms with Crippen LogP contribution >= 0.6 is 11.6 Å². The summed E-state index contributed by atoms with van der Waals surface area (Å²) in [7, 11) is 0. The van der Waals surface area contributed by atoms with E-state index in [-0.39, 0.29) is 5.82 Å². The molecule has 0 aliphatic carbocycles. The SMILES string of the molecule is C[C@H](O)[C@H]1O[C@@H](n2ncc(N)nc2=O)[C@@](Cl)(C#CCF)C1O. The first-order valence-corrected chi connectivity index (χ1v) is 6.67. The first-order valence-electron chi connectivity index (χ1n) is 6.29.